The maximum atomic E-state index is 12.8. The number of aromatic nitrogens is 1. The molecule has 0 unspecified atom stereocenters. The van der Waals surface area contributed by atoms with Gasteiger partial charge in [0.15, 0.2) is 0 Å². The Bertz CT molecular complexity index is 647. The highest BCUT2D eigenvalue weighted by atomic mass is 19.1. The number of halogens is 1. The number of carbonyl (C=O) groups excluding carboxylic acids is 1. The van der Waals surface area contributed by atoms with Gasteiger partial charge in [-0.05, 0) is 36.2 Å². The van der Waals surface area contributed by atoms with Crippen molar-refractivity contribution in [3.8, 4) is 0 Å². The van der Waals surface area contributed by atoms with Crippen LogP contribution in [0.5, 0.6) is 0 Å². The van der Waals surface area contributed by atoms with Crippen molar-refractivity contribution in [2.45, 2.75) is 19.0 Å². The number of hydrogen-bond donors (Lipinski definition) is 2. The lowest BCUT2D eigenvalue weighted by Crippen LogP contribution is -2.39. The van der Waals surface area contributed by atoms with Crippen molar-refractivity contribution >= 4 is 11.7 Å². The number of hydrogen-bond acceptors (Lipinski definition) is 3. The minimum absolute atomic E-state index is 0.0928. The van der Waals surface area contributed by atoms with Crippen LogP contribution in [0, 0.1) is 5.82 Å². The molecule has 2 heterocycles. The van der Waals surface area contributed by atoms with E-state index >= 15 is 0 Å². The van der Waals surface area contributed by atoms with Gasteiger partial charge in [0.2, 0.25) is 0 Å². The first-order valence-electron chi connectivity index (χ1n) is 7.64. The second-order valence-electron chi connectivity index (χ2n) is 5.60. The Morgan fingerprint density at radius 2 is 2.13 bits per heavy atom. The number of likely N-dealkylation sites (tertiary alicyclic amines) is 1. The van der Waals surface area contributed by atoms with E-state index in [9.17, 15) is 9.18 Å². The summed E-state index contributed by atoms with van der Waals surface area (Å²) in [5, 5.41) is 6.25. The third-order valence-electron chi connectivity index (χ3n) is 3.86. The van der Waals surface area contributed by atoms with Crippen molar-refractivity contribution in [3.05, 3.63) is 60.2 Å². The predicted octanol–water partition coefficient (Wildman–Crippen LogP) is 2.62. The van der Waals surface area contributed by atoms with Crippen LogP contribution in [-0.2, 0) is 6.54 Å². The van der Waals surface area contributed by atoms with Crippen molar-refractivity contribution < 1.29 is 9.18 Å². The lowest BCUT2D eigenvalue weighted by atomic mass is 10.2. The molecule has 1 aliphatic rings. The Kier molecular flexibility index (Phi) is 4.71. The Hall–Kier alpha value is -2.63. The average molecular weight is 314 g/mol. The molecule has 0 bridgehead atoms. The van der Waals surface area contributed by atoms with Gasteiger partial charge in [-0.15, -0.1) is 0 Å². The molecule has 1 aliphatic heterocycles. The van der Waals surface area contributed by atoms with Gasteiger partial charge in [-0.3, -0.25) is 4.98 Å². The highest BCUT2D eigenvalue weighted by Crippen LogP contribution is 2.15. The molecular weight excluding hydrogens is 295 g/mol. The summed E-state index contributed by atoms with van der Waals surface area (Å²) in [6.07, 6.45) is 4.41. The Morgan fingerprint density at radius 1 is 1.30 bits per heavy atom. The Morgan fingerprint density at radius 3 is 2.87 bits per heavy atom. The lowest BCUT2D eigenvalue weighted by molar-refractivity contribution is 0.208. The summed E-state index contributed by atoms with van der Waals surface area (Å²) in [6, 6.07) is 10.1. The fraction of sp³-hybridized carbons (Fsp3) is 0.294. The van der Waals surface area contributed by atoms with Crippen molar-refractivity contribution in [2.24, 2.45) is 0 Å². The summed E-state index contributed by atoms with van der Waals surface area (Å²) in [5.74, 6) is -0.274. The van der Waals surface area contributed by atoms with E-state index in [-0.39, 0.29) is 17.9 Å². The molecule has 2 N–H and O–H groups in total. The normalized spacial score (nSPS) is 17.1. The van der Waals surface area contributed by atoms with E-state index in [4.69, 9.17) is 0 Å². The van der Waals surface area contributed by atoms with Crippen LogP contribution >= 0.6 is 0 Å². The molecule has 1 fully saturated rings. The summed E-state index contributed by atoms with van der Waals surface area (Å²) < 4.78 is 12.8. The second kappa shape index (κ2) is 7.09. The van der Waals surface area contributed by atoms with E-state index < -0.39 is 0 Å². The van der Waals surface area contributed by atoms with Gasteiger partial charge in [0.25, 0.3) is 0 Å². The third kappa shape index (κ3) is 4.18. The number of rotatable bonds is 4. The van der Waals surface area contributed by atoms with Crippen LogP contribution < -0.4 is 10.6 Å². The molecule has 1 aromatic heterocycles. The van der Waals surface area contributed by atoms with E-state index in [1.54, 1.807) is 29.4 Å². The van der Waals surface area contributed by atoms with E-state index in [0.717, 1.165) is 17.7 Å². The monoisotopic (exact) mass is 314 g/mol. The number of nitrogens with one attached hydrogen (secondary N) is 2. The summed E-state index contributed by atoms with van der Waals surface area (Å²) >= 11 is 0. The standard InChI is InChI=1S/C17H19FN4O/c18-14-5-3-13(4-6-14)10-20-17(23)22-9-7-16(12-22)21-15-2-1-8-19-11-15/h1-6,8,11,16,21H,7,9-10,12H2,(H,20,23)/t16-/m0/s1. The summed E-state index contributed by atoms with van der Waals surface area (Å²) in [4.78, 5) is 18.0. The molecule has 1 saturated heterocycles. The number of pyridine rings is 1. The lowest BCUT2D eigenvalue weighted by Gasteiger charge is -2.18. The molecule has 0 spiro atoms. The highest BCUT2D eigenvalue weighted by molar-refractivity contribution is 5.74. The number of anilines is 1. The fourth-order valence-corrected chi connectivity index (χ4v) is 2.64. The van der Waals surface area contributed by atoms with Crippen LogP contribution in [-0.4, -0.2) is 35.0 Å². The van der Waals surface area contributed by atoms with E-state index in [1.165, 1.54) is 12.1 Å². The number of urea groups is 1. The topological polar surface area (TPSA) is 57.3 Å². The van der Waals surface area contributed by atoms with Gasteiger partial charge < -0.3 is 15.5 Å². The number of carbonyl (C=O) groups is 1. The molecule has 2 amide bonds. The maximum absolute atomic E-state index is 12.8. The third-order valence-corrected chi connectivity index (χ3v) is 3.86. The summed E-state index contributed by atoms with van der Waals surface area (Å²) in [7, 11) is 0. The first-order chi connectivity index (χ1) is 11.2. The van der Waals surface area contributed by atoms with E-state index in [0.29, 0.717) is 19.6 Å². The molecule has 0 saturated carbocycles. The molecule has 120 valence electrons. The van der Waals surface area contributed by atoms with Gasteiger partial charge in [0.05, 0.1) is 5.69 Å². The van der Waals surface area contributed by atoms with Gasteiger partial charge in [0, 0.05) is 38.1 Å². The molecule has 0 radical (unpaired) electrons. The SMILES string of the molecule is O=C(NCc1ccc(F)cc1)N1CC[C@H](Nc2cccnc2)C1. The number of nitrogens with zero attached hydrogens (tertiary/aromatic N) is 2. The van der Waals surface area contributed by atoms with Crippen molar-refractivity contribution in [3.63, 3.8) is 0 Å². The highest BCUT2D eigenvalue weighted by Gasteiger charge is 2.25. The smallest absolute Gasteiger partial charge is 0.317 e. The zero-order chi connectivity index (χ0) is 16.1. The Balaban J connectivity index is 1.46. The van der Waals surface area contributed by atoms with Crippen molar-refractivity contribution in [2.75, 3.05) is 18.4 Å². The van der Waals surface area contributed by atoms with E-state index in [1.807, 2.05) is 12.1 Å². The van der Waals surface area contributed by atoms with Crippen molar-refractivity contribution in [1.82, 2.24) is 15.2 Å². The number of benzene rings is 1. The molecule has 2 aromatic rings. The molecule has 6 heteroatoms. The fourth-order valence-electron chi connectivity index (χ4n) is 2.64. The predicted molar refractivity (Wildman–Crippen MR) is 86.5 cm³/mol. The second-order valence-corrected chi connectivity index (χ2v) is 5.60. The van der Waals surface area contributed by atoms with Crippen LogP contribution in [0.25, 0.3) is 0 Å². The number of amides is 2. The minimum Gasteiger partial charge on any atom is -0.379 e. The van der Waals surface area contributed by atoms with Gasteiger partial charge in [-0.25, -0.2) is 9.18 Å². The van der Waals surface area contributed by atoms with Gasteiger partial charge in [-0.1, -0.05) is 12.1 Å². The summed E-state index contributed by atoms with van der Waals surface area (Å²) in [6.45, 7) is 1.77. The molecular formula is C17H19FN4O. The first kappa shape index (κ1) is 15.3. The van der Waals surface area contributed by atoms with Gasteiger partial charge in [-0.2, -0.15) is 0 Å². The van der Waals surface area contributed by atoms with E-state index in [2.05, 4.69) is 15.6 Å². The molecule has 1 aromatic carbocycles. The largest absolute Gasteiger partial charge is 0.379 e. The van der Waals surface area contributed by atoms with Gasteiger partial charge in [0.1, 0.15) is 5.82 Å². The van der Waals surface area contributed by atoms with Crippen LogP contribution in [0.1, 0.15) is 12.0 Å². The zero-order valence-electron chi connectivity index (χ0n) is 12.7. The van der Waals surface area contributed by atoms with Crippen LogP contribution in [0.4, 0.5) is 14.9 Å². The molecule has 1 atom stereocenters. The van der Waals surface area contributed by atoms with Gasteiger partial charge >= 0.3 is 6.03 Å². The van der Waals surface area contributed by atoms with Crippen LogP contribution in [0.3, 0.4) is 0 Å². The van der Waals surface area contributed by atoms with Crippen LogP contribution in [0.2, 0.25) is 0 Å². The average Bonchev–Trinajstić information content (AvgIpc) is 3.03. The maximum Gasteiger partial charge on any atom is 0.317 e. The molecule has 3 rings (SSSR count). The van der Waals surface area contributed by atoms with Crippen LogP contribution in [0.15, 0.2) is 48.8 Å². The first-order valence-corrected chi connectivity index (χ1v) is 7.64. The zero-order valence-corrected chi connectivity index (χ0v) is 12.7. The quantitative estimate of drug-likeness (QED) is 0.912. The minimum atomic E-state index is -0.274. The van der Waals surface area contributed by atoms with Crippen molar-refractivity contribution in [1.29, 1.82) is 0 Å². The molecule has 0 aliphatic carbocycles. The Labute approximate surface area is 134 Å². The molecule has 5 nitrogen and oxygen atoms in total. The summed E-state index contributed by atoms with van der Waals surface area (Å²) in [5.41, 5.74) is 1.84. The molecule has 23 heavy (non-hydrogen) atoms.